The summed E-state index contributed by atoms with van der Waals surface area (Å²) < 4.78 is 28.6. The van der Waals surface area contributed by atoms with E-state index in [9.17, 15) is 19.5 Å². The van der Waals surface area contributed by atoms with Crippen LogP contribution in [-0.2, 0) is 31.3 Å². The third-order valence-corrected chi connectivity index (χ3v) is 12.6. The van der Waals surface area contributed by atoms with Crippen LogP contribution in [0.2, 0.25) is 18.6 Å². The van der Waals surface area contributed by atoms with Crippen molar-refractivity contribution in [3.05, 3.63) is 53.6 Å². The summed E-state index contributed by atoms with van der Waals surface area (Å²) in [5, 5.41) is 12.9. The topological polar surface area (TPSA) is 112 Å². The highest BCUT2D eigenvalue weighted by molar-refractivity contribution is 6.72. The molecule has 2 aromatic rings. The summed E-state index contributed by atoms with van der Waals surface area (Å²) in [4.78, 5) is 46.0. The van der Waals surface area contributed by atoms with E-state index in [0.717, 1.165) is 24.1 Å². The molecule has 0 radical (unpaired) electrons. The summed E-state index contributed by atoms with van der Waals surface area (Å²) in [6.07, 6.45) is 0.677. The first-order valence-corrected chi connectivity index (χ1v) is 18.8. The average Bonchev–Trinajstić information content (AvgIpc) is 3.68. The van der Waals surface area contributed by atoms with Gasteiger partial charge in [-0.3, -0.25) is 14.4 Å². The van der Waals surface area contributed by atoms with E-state index in [4.69, 9.17) is 9.47 Å². The molecule has 4 aliphatic heterocycles. The summed E-state index contributed by atoms with van der Waals surface area (Å²) in [7, 11) is -1.91. The van der Waals surface area contributed by atoms with E-state index in [0.29, 0.717) is 36.6 Å². The Morgan fingerprint density at radius 1 is 1.20 bits per heavy atom. The van der Waals surface area contributed by atoms with Gasteiger partial charge in [-0.25, -0.2) is 0 Å². The second-order valence-electron chi connectivity index (χ2n) is 13.2. The van der Waals surface area contributed by atoms with Gasteiger partial charge in [0.1, 0.15) is 5.75 Å². The van der Waals surface area contributed by atoms with Gasteiger partial charge in [0.05, 0.1) is 51.1 Å². The number of methoxy groups -OCH3 is 1. The Labute approximate surface area is 264 Å². The SMILES string of the molecule is COc1ccc2c(c1)[C@@]1(O[C@H](CC(=O)N3CCC[C@H]3CO)[C@@H]([Si](C)(C)F)[C@@H]1C)C(=O)N2Cc1cccc(N2CCNCC2=O)c1. The van der Waals surface area contributed by atoms with Crippen LogP contribution in [0.4, 0.5) is 15.5 Å². The number of carbonyl (C=O) groups is 3. The quantitative estimate of drug-likeness (QED) is 0.337. The molecule has 4 heterocycles. The van der Waals surface area contributed by atoms with Crippen molar-refractivity contribution in [3.8, 4) is 5.75 Å². The average molecular weight is 639 g/mol. The van der Waals surface area contributed by atoms with Crippen LogP contribution in [0.15, 0.2) is 42.5 Å². The number of ether oxygens (including phenoxy) is 2. The number of hydrogen-bond donors (Lipinski definition) is 2. The molecule has 0 bridgehead atoms. The molecule has 10 nitrogen and oxygen atoms in total. The number of rotatable bonds is 8. The minimum absolute atomic E-state index is 0.0101. The van der Waals surface area contributed by atoms with Gasteiger partial charge in [-0.15, -0.1) is 0 Å². The number of aliphatic hydroxyl groups is 1. The molecule has 6 rings (SSSR count). The number of amides is 3. The van der Waals surface area contributed by atoms with Gasteiger partial charge < -0.3 is 38.7 Å². The molecule has 2 aromatic carbocycles. The van der Waals surface area contributed by atoms with Gasteiger partial charge in [0, 0.05) is 42.3 Å². The number of anilines is 2. The minimum atomic E-state index is -3.47. The molecule has 1 spiro atoms. The predicted octanol–water partition coefficient (Wildman–Crippen LogP) is 3.33. The fraction of sp³-hybridized carbons (Fsp3) is 0.545. The molecule has 3 amide bonds. The van der Waals surface area contributed by atoms with Gasteiger partial charge in [-0.05, 0) is 61.8 Å². The second kappa shape index (κ2) is 12.1. The third-order valence-electron chi connectivity index (χ3n) is 10.1. The van der Waals surface area contributed by atoms with Crippen molar-refractivity contribution >= 4 is 37.5 Å². The smallest absolute Gasteiger partial charge is 0.264 e. The maximum Gasteiger partial charge on any atom is 0.264 e. The number of benzene rings is 2. The Morgan fingerprint density at radius 3 is 2.71 bits per heavy atom. The van der Waals surface area contributed by atoms with Crippen molar-refractivity contribution < 1.29 is 33.1 Å². The van der Waals surface area contributed by atoms with Gasteiger partial charge in [0.2, 0.25) is 20.2 Å². The molecule has 0 saturated carbocycles. The minimum Gasteiger partial charge on any atom is -0.497 e. The number of likely N-dealkylation sites (tertiary alicyclic amines) is 1. The lowest BCUT2D eigenvalue weighted by molar-refractivity contribution is -0.150. The molecular weight excluding hydrogens is 595 g/mol. The van der Waals surface area contributed by atoms with Crippen molar-refractivity contribution in [2.75, 3.05) is 49.7 Å². The summed E-state index contributed by atoms with van der Waals surface area (Å²) >= 11 is 0. The number of hydrogen-bond acceptors (Lipinski definition) is 7. The molecule has 242 valence electrons. The largest absolute Gasteiger partial charge is 0.497 e. The Morgan fingerprint density at radius 2 is 2.00 bits per heavy atom. The highest BCUT2D eigenvalue weighted by atomic mass is 28.4. The number of aliphatic hydroxyl groups excluding tert-OH is 1. The number of halogens is 1. The fourth-order valence-electron chi connectivity index (χ4n) is 8.04. The van der Waals surface area contributed by atoms with Gasteiger partial charge in [0.15, 0.2) is 5.60 Å². The molecule has 0 aliphatic carbocycles. The molecule has 2 N–H and O–H groups in total. The predicted molar refractivity (Wildman–Crippen MR) is 170 cm³/mol. The van der Waals surface area contributed by atoms with Crippen LogP contribution >= 0.6 is 0 Å². The van der Waals surface area contributed by atoms with Crippen molar-refractivity contribution in [1.29, 1.82) is 0 Å². The lowest BCUT2D eigenvalue weighted by Gasteiger charge is -2.31. The maximum atomic E-state index is 16.3. The third kappa shape index (κ3) is 5.45. The summed E-state index contributed by atoms with van der Waals surface area (Å²) in [5.74, 6) is -0.495. The summed E-state index contributed by atoms with van der Waals surface area (Å²) in [5.41, 5.74) is 0.753. The van der Waals surface area contributed by atoms with Gasteiger partial charge in [-0.1, -0.05) is 19.1 Å². The van der Waals surface area contributed by atoms with Crippen LogP contribution in [-0.4, -0.2) is 88.2 Å². The number of fused-ring (bicyclic) bond motifs is 2. The standard InChI is InChI=1S/C33H43FN4O6Si/c1-21-31(45(3,4)34)28(17-29(40)36-13-6-9-24(36)20-39)44-33(21)26-16-25(43-2)10-11-27(26)38(32(33)42)19-22-7-5-8-23(15-22)37-14-12-35-18-30(37)41/h5,7-8,10-11,15-16,21,24,28,31,35,39H,6,9,12-14,17-20H2,1-4H3/t21-,24-,28+,31-,33+/m0/s1. The van der Waals surface area contributed by atoms with E-state index in [-0.39, 0.29) is 49.9 Å². The zero-order valence-electron chi connectivity index (χ0n) is 26.4. The molecule has 45 heavy (non-hydrogen) atoms. The van der Waals surface area contributed by atoms with E-state index in [1.165, 1.54) is 0 Å². The number of nitrogens with zero attached hydrogens (tertiary/aromatic N) is 3. The molecule has 3 saturated heterocycles. The Balaban J connectivity index is 1.36. The van der Waals surface area contributed by atoms with Crippen LogP contribution < -0.4 is 19.9 Å². The first kappa shape index (κ1) is 31.7. The number of piperazine rings is 1. The highest BCUT2D eigenvalue weighted by Crippen LogP contribution is 2.60. The van der Waals surface area contributed by atoms with Crippen LogP contribution in [0.25, 0.3) is 0 Å². The van der Waals surface area contributed by atoms with Gasteiger partial charge >= 0.3 is 0 Å². The first-order valence-electron chi connectivity index (χ1n) is 15.9. The van der Waals surface area contributed by atoms with Gasteiger partial charge in [0.25, 0.3) is 5.91 Å². The monoisotopic (exact) mass is 638 g/mol. The molecule has 0 unspecified atom stereocenters. The summed E-state index contributed by atoms with van der Waals surface area (Å²) in [6, 6.07) is 12.8. The Hall–Kier alpha value is -3.32. The van der Waals surface area contributed by atoms with E-state index in [1.54, 1.807) is 47.0 Å². The van der Waals surface area contributed by atoms with Crippen molar-refractivity contribution in [2.24, 2.45) is 5.92 Å². The van der Waals surface area contributed by atoms with Crippen molar-refractivity contribution in [2.45, 2.75) is 69.1 Å². The molecule has 0 aromatic heterocycles. The highest BCUT2D eigenvalue weighted by Gasteiger charge is 2.67. The van der Waals surface area contributed by atoms with E-state index in [1.807, 2.05) is 37.3 Å². The first-order chi connectivity index (χ1) is 21.5. The van der Waals surface area contributed by atoms with E-state index in [2.05, 4.69) is 5.32 Å². The zero-order chi connectivity index (χ0) is 32.1. The molecule has 5 atom stereocenters. The van der Waals surface area contributed by atoms with Gasteiger partial charge in [-0.2, -0.15) is 0 Å². The Kier molecular flexibility index (Phi) is 8.53. The molecular formula is C33H43FN4O6Si. The molecule has 4 aliphatic rings. The van der Waals surface area contributed by atoms with Crippen molar-refractivity contribution in [3.63, 3.8) is 0 Å². The van der Waals surface area contributed by atoms with Crippen LogP contribution in [0.1, 0.15) is 37.3 Å². The van der Waals surface area contributed by atoms with Crippen LogP contribution in [0, 0.1) is 5.92 Å². The lowest BCUT2D eigenvalue weighted by atomic mass is 9.82. The van der Waals surface area contributed by atoms with Crippen molar-refractivity contribution in [1.82, 2.24) is 10.2 Å². The van der Waals surface area contributed by atoms with E-state index >= 15 is 4.11 Å². The maximum absolute atomic E-state index is 16.3. The lowest BCUT2D eigenvalue weighted by Crippen LogP contribution is -2.48. The normalized spacial score (nSPS) is 28.4. The van der Waals surface area contributed by atoms with Crippen LogP contribution in [0.5, 0.6) is 5.75 Å². The van der Waals surface area contributed by atoms with E-state index < -0.39 is 31.6 Å². The number of nitrogens with one attached hydrogen (secondary N) is 1. The second-order valence-corrected chi connectivity index (χ2v) is 17.0. The summed E-state index contributed by atoms with van der Waals surface area (Å²) in [6.45, 7) is 7.30. The molecule has 12 heteroatoms. The number of carbonyl (C=O) groups excluding carboxylic acids is 3. The van der Waals surface area contributed by atoms with Crippen LogP contribution in [0.3, 0.4) is 0 Å². The Bertz CT molecular complexity index is 1490. The zero-order valence-corrected chi connectivity index (χ0v) is 27.4. The molecule has 3 fully saturated rings. The fourth-order valence-corrected chi connectivity index (χ4v) is 10.5.